The van der Waals surface area contributed by atoms with Crippen molar-refractivity contribution in [2.24, 2.45) is 11.7 Å². The number of aryl methyl sites for hydroxylation is 1. The van der Waals surface area contributed by atoms with Crippen molar-refractivity contribution in [1.82, 2.24) is 15.2 Å². The van der Waals surface area contributed by atoms with Gasteiger partial charge >= 0.3 is 0 Å². The monoisotopic (exact) mass is 285 g/mol. The van der Waals surface area contributed by atoms with Gasteiger partial charge in [0, 0.05) is 24.7 Å². The highest BCUT2D eigenvalue weighted by molar-refractivity contribution is 5.61. The normalized spacial score (nSPS) is 22.5. The summed E-state index contributed by atoms with van der Waals surface area (Å²) in [4.78, 5) is 6.86. The van der Waals surface area contributed by atoms with Crippen LogP contribution in [0.3, 0.4) is 0 Å². The number of benzene rings is 1. The number of nitrogens with two attached hydrogens (primary N) is 1. The third-order valence-electron chi connectivity index (χ3n) is 4.43. The zero-order valence-electron chi connectivity index (χ0n) is 12.7. The minimum absolute atomic E-state index is 0.198. The Labute approximate surface area is 125 Å². The van der Waals surface area contributed by atoms with Crippen molar-refractivity contribution in [2.45, 2.75) is 32.7 Å². The molecular weight excluding hydrogens is 262 g/mol. The van der Waals surface area contributed by atoms with Gasteiger partial charge in [-0.25, -0.2) is 0 Å². The van der Waals surface area contributed by atoms with Crippen LogP contribution in [0.25, 0.3) is 11.4 Å². The maximum atomic E-state index is 6.16. The molecule has 2 heterocycles. The Morgan fingerprint density at radius 2 is 2.19 bits per heavy atom. The van der Waals surface area contributed by atoms with E-state index in [1.165, 1.54) is 5.56 Å². The molecular formula is C16H23N5. The summed E-state index contributed by atoms with van der Waals surface area (Å²) < 4.78 is 0. The summed E-state index contributed by atoms with van der Waals surface area (Å²) in [7, 11) is 0. The molecule has 2 unspecified atom stereocenters. The van der Waals surface area contributed by atoms with Crippen molar-refractivity contribution in [3.05, 3.63) is 29.8 Å². The average Bonchev–Trinajstić information content (AvgIpc) is 2.99. The molecule has 21 heavy (non-hydrogen) atoms. The van der Waals surface area contributed by atoms with Crippen molar-refractivity contribution in [1.29, 1.82) is 0 Å². The van der Waals surface area contributed by atoms with Gasteiger partial charge in [0.15, 0.2) is 5.82 Å². The first-order chi connectivity index (χ1) is 10.2. The van der Waals surface area contributed by atoms with Gasteiger partial charge in [0.05, 0.1) is 0 Å². The standard InChI is InChI=1S/C16H23N5/c1-3-12-6-4-5-7-13(12)15-18-16(20-19-15)21-9-8-11(2)14(17)10-21/h4-7,11,14H,3,8-10,17H2,1-2H3,(H,18,19,20). The van der Waals surface area contributed by atoms with E-state index in [1.807, 2.05) is 6.07 Å². The van der Waals surface area contributed by atoms with Gasteiger partial charge in [0.25, 0.3) is 0 Å². The molecule has 2 atom stereocenters. The van der Waals surface area contributed by atoms with Crippen LogP contribution in [0.4, 0.5) is 5.95 Å². The molecule has 2 aromatic rings. The van der Waals surface area contributed by atoms with E-state index in [-0.39, 0.29) is 6.04 Å². The maximum absolute atomic E-state index is 6.16. The smallest absolute Gasteiger partial charge is 0.245 e. The van der Waals surface area contributed by atoms with Gasteiger partial charge in [-0.1, -0.05) is 38.1 Å². The summed E-state index contributed by atoms with van der Waals surface area (Å²) in [6.45, 7) is 6.17. The Morgan fingerprint density at radius 3 is 2.95 bits per heavy atom. The molecule has 1 aliphatic heterocycles. The average molecular weight is 285 g/mol. The molecule has 0 amide bonds. The van der Waals surface area contributed by atoms with E-state index >= 15 is 0 Å². The number of rotatable bonds is 3. The second-order valence-corrected chi connectivity index (χ2v) is 5.87. The zero-order chi connectivity index (χ0) is 14.8. The summed E-state index contributed by atoms with van der Waals surface area (Å²) in [5.74, 6) is 2.17. The third kappa shape index (κ3) is 2.78. The number of aromatic amines is 1. The lowest BCUT2D eigenvalue weighted by Crippen LogP contribution is -2.48. The van der Waals surface area contributed by atoms with Crippen molar-refractivity contribution < 1.29 is 0 Å². The minimum Gasteiger partial charge on any atom is -0.338 e. The lowest BCUT2D eigenvalue weighted by Gasteiger charge is -2.34. The van der Waals surface area contributed by atoms with Crippen molar-refractivity contribution >= 4 is 5.95 Å². The van der Waals surface area contributed by atoms with Gasteiger partial charge < -0.3 is 10.6 Å². The van der Waals surface area contributed by atoms with Crippen LogP contribution >= 0.6 is 0 Å². The van der Waals surface area contributed by atoms with Gasteiger partial charge in [0.2, 0.25) is 5.95 Å². The number of nitrogens with zero attached hydrogens (tertiary/aromatic N) is 3. The Morgan fingerprint density at radius 1 is 1.38 bits per heavy atom. The molecule has 3 rings (SSSR count). The lowest BCUT2D eigenvalue weighted by molar-refractivity contribution is 0.376. The fraction of sp³-hybridized carbons (Fsp3) is 0.500. The number of H-pyrrole nitrogens is 1. The van der Waals surface area contributed by atoms with Crippen LogP contribution in [0, 0.1) is 5.92 Å². The van der Waals surface area contributed by atoms with Crippen molar-refractivity contribution in [3.63, 3.8) is 0 Å². The SMILES string of the molecule is CCc1ccccc1-c1nc(N2CCC(C)C(N)C2)n[nH]1. The molecule has 5 heteroatoms. The van der Waals surface area contributed by atoms with Crippen LogP contribution in [0.15, 0.2) is 24.3 Å². The quantitative estimate of drug-likeness (QED) is 0.907. The van der Waals surface area contributed by atoms with Crippen LogP contribution in [0.1, 0.15) is 25.8 Å². The van der Waals surface area contributed by atoms with Gasteiger partial charge in [-0.2, -0.15) is 4.98 Å². The minimum atomic E-state index is 0.198. The van der Waals surface area contributed by atoms with Gasteiger partial charge in [-0.05, 0) is 24.3 Å². The molecule has 1 saturated heterocycles. The fourth-order valence-electron chi connectivity index (χ4n) is 2.86. The Balaban J connectivity index is 1.83. The summed E-state index contributed by atoms with van der Waals surface area (Å²) in [5.41, 5.74) is 8.58. The predicted octanol–water partition coefficient (Wildman–Crippen LogP) is 2.21. The van der Waals surface area contributed by atoms with E-state index in [1.54, 1.807) is 0 Å². The van der Waals surface area contributed by atoms with E-state index in [0.717, 1.165) is 43.3 Å². The molecule has 0 bridgehead atoms. The highest BCUT2D eigenvalue weighted by atomic mass is 15.4. The third-order valence-corrected chi connectivity index (χ3v) is 4.43. The molecule has 1 aromatic carbocycles. The topological polar surface area (TPSA) is 70.8 Å². The van der Waals surface area contributed by atoms with E-state index in [9.17, 15) is 0 Å². The Bertz CT molecular complexity index is 606. The van der Waals surface area contributed by atoms with Crippen molar-refractivity contribution in [3.8, 4) is 11.4 Å². The number of piperidine rings is 1. The predicted molar refractivity (Wildman–Crippen MR) is 85.2 cm³/mol. The Kier molecular flexibility index (Phi) is 3.92. The molecule has 112 valence electrons. The summed E-state index contributed by atoms with van der Waals surface area (Å²) in [6.07, 6.45) is 2.08. The first-order valence-electron chi connectivity index (χ1n) is 7.70. The molecule has 1 aliphatic rings. The van der Waals surface area contributed by atoms with Crippen LogP contribution in [-0.4, -0.2) is 34.3 Å². The number of hydrogen-bond acceptors (Lipinski definition) is 4. The largest absolute Gasteiger partial charge is 0.338 e. The molecule has 1 fully saturated rings. The number of aromatic nitrogens is 3. The lowest BCUT2D eigenvalue weighted by atomic mass is 9.95. The second-order valence-electron chi connectivity index (χ2n) is 5.87. The van der Waals surface area contributed by atoms with E-state index in [0.29, 0.717) is 5.92 Å². The number of nitrogens with one attached hydrogen (secondary N) is 1. The Hall–Kier alpha value is -1.88. The van der Waals surface area contributed by atoms with Crippen LogP contribution in [0.5, 0.6) is 0 Å². The highest BCUT2D eigenvalue weighted by Gasteiger charge is 2.25. The molecule has 3 N–H and O–H groups in total. The molecule has 5 nitrogen and oxygen atoms in total. The first kappa shape index (κ1) is 14.1. The zero-order valence-corrected chi connectivity index (χ0v) is 12.7. The van der Waals surface area contributed by atoms with Crippen LogP contribution in [0.2, 0.25) is 0 Å². The van der Waals surface area contributed by atoms with E-state index in [2.05, 4.69) is 52.1 Å². The van der Waals surface area contributed by atoms with Gasteiger partial charge in [-0.15, -0.1) is 5.10 Å². The van der Waals surface area contributed by atoms with Gasteiger partial charge in [0.1, 0.15) is 0 Å². The van der Waals surface area contributed by atoms with Crippen molar-refractivity contribution in [2.75, 3.05) is 18.0 Å². The van der Waals surface area contributed by atoms with E-state index < -0.39 is 0 Å². The fourth-order valence-corrected chi connectivity index (χ4v) is 2.86. The summed E-state index contributed by atoms with van der Waals surface area (Å²) in [6, 6.07) is 8.52. The number of hydrogen-bond donors (Lipinski definition) is 2. The number of anilines is 1. The summed E-state index contributed by atoms with van der Waals surface area (Å²) in [5, 5.41) is 7.46. The summed E-state index contributed by atoms with van der Waals surface area (Å²) >= 11 is 0. The molecule has 0 radical (unpaired) electrons. The molecule has 0 aliphatic carbocycles. The van der Waals surface area contributed by atoms with E-state index in [4.69, 9.17) is 5.73 Å². The highest BCUT2D eigenvalue weighted by Crippen LogP contribution is 2.24. The van der Waals surface area contributed by atoms with Gasteiger partial charge in [-0.3, -0.25) is 5.10 Å². The van der Waals surface area contributed by atoms with Crippen LogP contribution in [-0.2, 0) is 6.42 Å². The molecule has 1 aromatic heterocycles. The molecule has 0 saturated carbocycles. The maximum Gasteiger partial charge on any atom is 0.245 e. The van der Waals surface area contributed by atoms with Crippen LogP contribution < -0.4 is 10.6 Å². The second kappa shape index (κ2) is 5.85. The molecule has 0 spiro atoms. The first-order valence-corrected chi connectivity index (χ1v) is 7.70.